The molecule has 0 saturated heterocycles. The Bertz CT molecular complexity index is 2070. The summed E-state index contributed by atoms with van der Waals surface area (Å²) in [5.74, 6) is -0.879. The van der Waals surface area contributed by atoms with Crippen LogP contribution in [0.1, 0.15) is 219 Å². The van der Waals surface area contributed by atoms with Gasteiger partial charge < -0.3 is 27.9 Å². The van der Waals surface area contributed by atoms with Gasteiger partial charge in [0.1, 0.15) is 19.8 Å². The summed E-state index contributed by atoms with van der Waals surface area (Å²) in [5, 5.41) is 0. The molecule has 0 aromatic rings. The maximum Gasteiger partial charge on any atom is 0.306 e. The van der Waals surface area contributed by atoms with Gasteiger partial charge >= 0.3 is 11.9 Å². The largest absolute Gasteiger partial charge is 0.756 e. The molecule has 0 aliphatic heterocycles. The van der Waals surface area contributed by atoms with Gasteiger partial charge in [0.25, 0.3) is 7.82 Å². The van der Waals surface area contributed by atoms with Crippen LogP contribution in [0.25, 0.3) is 0 Å². The molecule has 0 heterocycles. The summed E-state index contributed by atoms with van der Waals surface area (Å²) in [5.41, 5.74) is 0. The van der Waals surface area contributed by atoms with Crippen molar-refractivity contribution >= 4 is 19.8 Å². The monoisotopic (exact) mass is 1180 g/mol. The van der Waals surface area contributed by atoms with E-state index < -0.39 is 32.5 Å². The first-order chi connectivity index (χ1) is 41.0. The van der Waals surface area contributed by atoms with Gasteiger partial charge in [-0.05, 0) is 135 Å². The first-order valence-corrected chi connectivity index (χ1v) is 34.0. The topological polar surface area (TPSA) is 111 Å². The van der Waals surface area contributed by atoms with Gasteiger partial charge in [0.15, 0.2) is 6.10 Å². The lowest BCUT2D eigenvalue weighted by molar-refractivity contribution is -0.870. The highest BCUT2D eigenvalue weighted by molar-refractivity contribution is 7.45. The molecule has 9 nitrogen and oxygen atoms in total. The van der Waals surface area contributed by atoms with Gasteiger partial charge in [-0.3, -0.25) is 14.2 Å². The number of phosphoric ester groups is 1. The van der Waals surface area contributed by atoms with E-state index in [0.29, 0.717) is 23.9 Å². The molecule has 0 spiro atoms. The molecule has 0 radical (unpaired) electrons. The van der Waals surface area contributed by atoms with Crippen molar-refractivity contribution < 1.29 is 42.1 Å². The molecule has 0 aliphatic carbocycles. The van der Waals surface area contributed by atoms with Crippen molar-refractivity contribution in [2.75, 3.05) is 47.5 Å². The van der Waals surface area contributed by atoms with E-state index >= 15 is 0 Å². The van der Waals surface area contributed by atoms with Gasteiger partial charge in [-0.1, -0.05) is 254 Å². The van der Waals surface area contributed by atoms with E-state index in [1.807, 2.05) is 21.1 Å². The van der Waals surface area contributed by atoms with Gasteiger partial charge in [-0.2, -0.15) is 0 Å². The van der Waals surface area contributed by atoms with Crippen LogP contribution >= 0.6 is 7.82 Å². The minimum Gasteiger partial charge on any atom is -0.756 e. The second kappa shape index (κ2) is 62.6. The molecule has 0 amide bonds. The number of phosphoric acid groups is 1. The van der Waals surface area contributed by atoms with Gasteiger partial charge in [-0.15, -0.1) is 0 Å². The van der Waals surface area contributed by atoms with Crippen LogP contribution in [0.2, 0.25) is 0 Å². The predicted molar refractivity (Wildman–Crippen MR) is 359 cm³/mol. The Kier molecular flexibility index (Phi) is 59.0. The van der Waals surface area contributed by atoms with E-state index in [1.54, 1.807) is 0 Å². The highest BCUT2D eigenvalue weighted by atomic mass is 31.2. The van der Waals surface area contributed by atoms with Crippen LogP contribution in [-0.4, -0.2) is 70.0 Å². The molecule has 0 N–H and O–H groups in total. The second-order valence-electron chi connectivity index (χ2n) is 22.0. The summed E-state index contributed by atoms with van der Waals surface area (Å²) in [6, 6.07) is 0. The fraction of sp³-hybridized carbons (Fsp3) is 0.568. The summed E-state index contributed by atoms with van der Waals surface area (Å²) in [7, 11) is 1.12. The molecule has 0 aliphatic rings. The molecule has 0 aromatic carbocycles. The van der Waals surface area contributed by atoms with E-state index in [0.717, 1.165) is 154 Å². The minimum atomic E-state index is -4.66. The van der Waals surface area contributed by atoms with Crippen molar-refractivity contribution in [3.63, 3.8) is 0 Å². The van der Waals surface area contributed by atoms with Crippen LogP contribution in [0, 0.1) is 0 Å². The van der Waals surface area contributed by atoms with Gasteiger partial charge in [-0.25, -0.2) is 0 Å². The molecule has 0 rings (SSSR count). The standard InChI is InChI=1S/C74H118NO8P/c1-6-8-10-12-14-16-18-20-22-24-26-28-29-30-31-32-33-34-35-36-37-38-39-40-41-42-43-44-45-47-49-51-53-55-57-59-61-63-65-67-74(77)83-72(71-82-84(78,79)81-69-68-75(3,4)5)70-80-73(76)66-64-62-60-58-56-54-52-50-48-46-27-25-23-21-19-17-15-13-11-9-7-2/h8-11,14-17,20-23,26-28,30-31,33-34,36-37,39-40,42-43,45-47,51,53,72H,6-7,12-13,18-19,24-25,29,32,35,38,41,44,48-50,52,54-71H2,1-5H3/b10-8-,11-9-,16-14-,17-15-,22-20-,23-21-,28-26-,31-30-,34-33-,37-36-,40-39-,43-42-,46-27-,47-45-,53-51-. The number of carbonyl (C=O) groups excluding carboxylic acids is 2. The minimum absolute atomic E-state index is 0.0468. The predicted octanol–water partition coefficient (Wildman–Crippen LogP) is 20.5. The van der Waals surface area contributed by atoms with Gasteiger partial charge in [0, 0.05) is 12.8 Å². The molecule has 0 bridgehead atoms. The third-order valence-corrected chi connectivity index (χ3v) is 13.9. The first-order valence-electron chi connectivity index (χ1n) is 32.5. The molecule has 84 heavy (non-hydrogen) atoms. The van der Waals surface area contributed by atoms with Crippen molar-refractivity contribution in [2.24, 2.45) is 0 Å². The fourth-order valence-electron chi connectivity index (χ4n) is 8.00. The average Bonchev–Trinajstić information content (AvgIpc) is 3.61. The lowest BCUT2D eigenvalue weighted by atomic mass is 10.1. The van der Waals surface area contributed by atoms with E-state index in [-0.39, 0.29) is 26.1 Å². The van der Waals surface area contributed by atoms with Crippen LogP contribution in [0.5, 0.6) is 0 Å². The fourth-order valence-corrected chi connectivity index (χ4v) is 8.73. The molecular formula is C74H118NO8P. The average molecular weight is 1180 g/mol. The van der Waals surface area contributed by atoms with Crippen molar-refractivity contribution in [1.82, 2.24) is 0 Å². The Morgan fingerprint density at radius 2 is 0.643 bits per heavy atom. The smallest absolute Gasteiger partial charge is 0.306 e. The number of quaternary nitrogens is 1. The van der Waals surface area contributed by atoms with Crippen LogP contribution in [-0.2, 0) is 32.7 Å². The number of carbonyl (C=O) groups is 2. The zero-order chi connectivity index (χ0) is 61.2. The number of hydrogen-bond donors (Lipinski definition) is 0. The highest BCUT2D eigenvalue weighted by Crippen LogP contribution is 2.38. The normalized spacial score (nSPS) is 14.4. The maximum atomic E-state index is 12.8. The number of unbranched alkanes of at least 4 members (excludes halogenated alkanes) is 13. The van der Waals surface area contributed by atoms with Crippen molar-refractivity contribution in [3.05, 3.63) is 182 Å². The number of ether oxygens (including phenoxy) is 2. The quantitative estimate of drug-likeness (QED) is 0.0195. The molecule has 472 valence electrons. The van der Waals surface area contributed by atoms with Crippen molar-refractivity contribution in [1.29, 1.82) is 0 Å². The first kappa shape index (κ1) is 79.1. The summed E-state index contributed by atoms with van der Waals surface area (Å²) >= 11 is 0. The van der Waals surface area contributed by atoms with E-state index in [2.05, 4.69) is 196 Å². The lowest BCUT2D eigenvalue weighted by Crippen LogP contribution is -2.37. The number of esters is 2. The van der Waals surface area contributed by atoms with E-state index in [9.17, 15) is 19.0 Å². The Balaban J connectivity index is 4.22. The number of likely N-dealkylation sites (N-methyl/N-ethyl adjacent to an activating group) is 1. The zero-order valence-corrected chi connectivity index (χ0v) is 54.4. The third kappa shape index (κ3) is 66.3. The van der Waals surface area contributed by atoms with Crippen LogP contribution in [0.3, 0.4) is 0 Å². The Labute approximate surface area is 514 Å². The molecule has 0 saturated carbocycles. The summed E-state index contributed by atoms with van der Waals surface area (Å²) in [6.45, 7) is 3.95. The van der Waals surface area contributed by atoms with Gasteiger partial charge in [0.05, 0.1) is 27.7 Å². The van der Waals surface area contributed by atoms with Crippen LogP contribution < -0.4 is 4.89 Å². The molecule has 2 atom stereocenters. The highest BCUT2D eigenvalue weighted by Gasteiger charge is 2.22. The maximum absolute atomic E-state index is 12.8. The van der Waals surface area contributed by atoms with Crippen molar-refractivity contribution in [3.8, 4) is 0 Å². The van der Waals surface area contributed by atoms with Crippen LogP contribution in [0.4, 0.5) is 0 Å². The SMILES string of the molecule is CC/C=C\C/C=C\C/C=C\C/C=C\C/C=C\C/C=C\C/C=C\C/C=C\C/C=C\C/C=C\C/C=C\CCCCCCCC(=O)OC(COC(=O)CCCCCCCCCC/C=C\C/C=C\C/C=C\C/C=C\CC)COP(=O)([O-])OCC[N+](C)(C)C. The number of hydrogen-bond acceptors (Lipinski definition) is 8. The van der Waals surface area contributed by atoms with Crippen LogP contribution in [0.15, 0.2) is 182 Å². The number of nitrogens with zero attached hydrogens (tertiary/aromatic N) is 1. The van der Waals surface area contributed by atoms with E-state index in [1.165, 1.54) is 25.7 Å². The van der Waals surface area contributed by atoms with Crippen molar-refractivity contribution in [2.45, 2.75) is 225 Å². The molecule has 0 fully saturated rings. The number of rotatable bonds is 57. The third-order valence-electron chi connectivity index (χ3n) is 12.9. The summed E-state index contributed by atoms with van der Waals surface area (Å²) < 4.78 is 34.2. The molecular weight excluding hydrogens is 1060 g/mol. The zero-order valence-electron chi connectivity index (χ0n) is 53.5. The molecule has 10 heteroatoms. The Hall–Kier alpha value is -4.89. The summed E-state index contributed by atoms with van der Waals surface area (Å²) in [6.07, 6.45) is 96.6. The molecule has 0 aromatic heterocycles. The molecule has 2 unspecified atom stereocenters. The number of allylic oxidation sites excluding steroid dienone is 30. The second-order valence-corrected chi connectivity index (χ2v) is 23.4. The Morgan fingerprint density at radius 1 is 0.369 bits per heavy atom. The van der Waals surface area contributed by atoms with Gasteiger partial charge in [0.2, 0.25) is 0 Å². The van der Waals surface area contributed by atoms with E-state index in [4.69, 9.17) is 18.5 Å². The Morgan fingerprint density at radius 3 is 0.952 bits per heavy atom. The lowest BCUT2D eigenvalue weighted by Gasteiger charge is -2.28. The summed E-state index contributed by atoms with van der Waals surface area (Å²) in [4.78, 5) is 38.0.